The van der Waals surface area contributed by atoms with E-state index in [4.69, 9.17) is 29.9 Å². The highest BCUT2D eigenvalue weighted by molar-refractivity contribution is 6.26. The molecule has 25 aromatic rings. The first kappa shape index (κ1) is 66.7. The van der Waals surface area contributed by atoms with Crippen molar-refractivity contribution in [1.29, 1.82) is 0 Å². The van der Waals surface area contributed by atoms with Gasteiger partial charge in [0, 0.05) is 88.9 Å². The first-order valence-electron chi connectivity index (χ1n) is 40.0. The first-order chi connectivity index (χ1) is 58.4. The highest BCUT2D eigenvalue weighted by atomic mass is 14.8. The Balaban J connectivity index is 0.000000135. The number of fused-ring (bicyclic) bond motifs is 15. The maximum absolute atomic E-state index is 5.29. The second kappa shape index (κ2) is 26.9. The zero-order valence-electron chi connectivity index (χ0n) is 63.5. The molecular weight excluding hydrogens is 1430 g/mol. The van der Waals surface area contributed by atoms with Gasteiger partial charge in [0.05, 0.1) is 78.3 Å². The Bertz CT molecular complexity index is 8530. The highest BCUT2D eigenvalue weighted by Crippen LogP contribution is 2.44. The van der Waals surface area contributed by atoms with E-state index in [-0.39, 0.29) is 0 Å². The van der Waals surface area contributed by atoms with Crippen LogP contribution in [0, 0.1) is 0 Å². The van der Waals surface area contributed by atoms with Crippen molar-refractivity contribution in [3.63, 3.8) is 0 Å². The lowest BCUT2D eigenvalue weighted by molar-refractivity contribution is 1.37. The normalized spacial score (nSPS) is 11.9. The predicted molar refractivity (Wildman–Crippen MR) is 493 cm³/mol. The molecule has 0 unspecified atom stereocenters. The van der Waals surface area contributed by atoms with E-state index in [1.165, 1.54) is 53.9 Å². The Morgan fingerprint density at radius 2 is 0.458 bits per heavy atom. The molecule has 0 radical (unpaired) electrons. The van der Waals surface area contributed by atoms with Gasteiger partial charge >= 0.3 is 0 Å². The van der Waals surface area contributed by atoms with Gasteiger partial charge in [-0.25, -0.2) is 29.9 Å². The molecule has 8 aromatic heterocycles. The van der Waals surface area contributed by atoms with Crippen LogP contribution in [0.25, 0.3) is 252 Å². The second-order valence-electron chi connectivity index (χ2n) is 30.8. The van der Waals surface area contributed by atoms with Gasteiger partial charge < -0.3 is 0 Å². The zero-order chi connectivity index (χ0) is 77.5. The van der Waals surface area contributed by atoms with Gasteiger partial charge in [-0.1, -0.05) is 285 Å². The largest absolute Gasteiger partial charge is 0.254 e. The van der Waals surface area contributed by atoms with Crippen molar-refractivity contribution in [1.82, 2.24) is 39.9 Å². The first-order valence-corrected chi connectivity index (χ1v) is 40.0. The second-order valence-corrected chi connectivity index (χ2v) is 30.8. The molecule has 0 aliphatic carbocycles. The Kier molecular flexibility index (Phi) is 15.2. The maximum Gasteiger partial charge on any atom is 0.0972 e. The monoisotopic (exact) mass is 1500 g/mol. The SMILES string of the molecule is c1ccc2c(c1)cc(-c1ccc3cc(-c4ccc5ccc(-c6ccc(-c7ccc8ccc9cccnc9c8n7)c7ccccc67)nc5c4)ccc3n1)c1ccccc12.c1cnc2c(c1)ccc1ccc(-c3ccc(-c4ccc5ccc(-c6ccc7nc(-c8ccc9ccc%10cccc%11ccc8c9c%10%11)ccc7c6)cc5n4)c4ccccc34)nc12. The lowest BCUT2D eigenvalue weighted by Crippen LogP contribution is -1.92. The third-order valence-electron chi connectivity index (χ3n) is 24.1. The fraction of sp³-hybridized carbons (Fsp3) is 0. The molecule has 0 saturated heterocycles. The standard InChI is InChI=1S/C56H32N4.C54H32N4/c1-2-9-43-42(8-1)44(24-25-45(43)51-28-19-38-14-13-37-7-4-30-57-55(37)56(38)60-51)49-27-18-33-10-15-40(32-52(33)59-49)39-20-26-48-41(31-39)21-29-50(58-48)46-22-16-36-12-11-34-5-3-6-35-17-23-47(46)54(36)53(34)35;1-2-10-40-38(8-1)31-47(44-14-6-3-11-41(40)44)51-28-22-39-30-36(21-25-48(39)56-51)37-18-15-33-19-26-49(57-52(33)32-37)45-23-24-46(43-13-5-4-12-42(43)45)50-27-20-35-17-16-34-9-7-29-55-53(34)54(35)58-50/h1-32H;1-32H. The number of nitrogens with zero attached hydrogens (tertiary/aromatic N) is 8. The van der Waals surface area contributed by atoms with Crippen LogP contribution in [0.15, 0.2) is 389 Å². The molecule has 0 saturated carbocycles. The zero-order valence-corrected chi connectivity index (χ0v) is 63.5. The van der Waals surface area contributed by atoms with Gasteiger partial charge in [-0.3, -0.25) is 9.97 Å². The van der Waals surface area contributed by atoms with Gasteiger partial charge in [-0.15, -0.1) is 0 Å². The molecule has 25 rings (SSSR count). The van der Waals surface area contributed by atoms with Crippen molar-refractivity contribution in [2.45, 2.75) is 0 Å². The van der Waals surface area contributed by atoms with Crippen LogP contribution in [-0.2, 0) is 0 Å². The summed E-state index contributed by atoms with van der Waals surface area (Å²) >= 11 is 0. The third-order valence-corrected chi connectivity index (χ3v) is 24.1. The molecular formula is C110H64N8. The molecule has 8 heteroatoms. The van der Waals surface area contributed by atoms with Crippen LogP contribution in [0.4, 0.5) is 0 Å². The van der Waals surface area contributed by atoms with Crippen molar-refractivity contribution in [2.75, 3.05) is 0 Å². The van der Waals surface area contributed by atoms with Crippen LogP contribution in [0.5, 0.6) is 0 Å². The topological polar surface area (TPSA) is 103 Å². The van der Waals surface area contributed by atoms with Gasteiger partial charge in [0.25, 0.3) is 0 Å². The molecule has 17 aromatic carbocycles. The summed E-state index contributed by atoms with van der Waals surface area (Å²) in [5.74, 6) is 0. The van der Waals surface area contributed by atoms with Crippen molar-refractivity contribution in [3.8, 4) is 89.8 Å². The van der Waals surface area contributed by atoms with E-state index in [0.29, 0.717) is 0 Å². The molecule has 0 amide bonds. The molecule has 8 heterocycles. The van der Waals surface area contributed by atoms with Gasteiger partial charge in [-0.05, 0) is 189 Å². The van der Waals surface area contributed by atoms with E-state index in [1.807, 2.05) is 24.5 Å². The Hall–Kier alpha value is -15.9. The average Bonchev–Trinajstić information content (AvgIpc) is 0.737. The van der Waals surface area contributed by atoms with E-state index < -0.39 is 0 Å². The predicted octanol–water partition coefficient (Wildman–Crippen LogP) is 28.6. The average molecular weight is 1500 g/mol. The van der Waals surface area contributed by atoms with Crippen LogP contribution in [0.1, 0.15) is 0 Å². The summed E-state index contributed by atoms with van der Waals surface area (Å²) in [6.45, 7) is 0. The molecule has 0 spiro atoms. The quantitative estimate of drug-likeness (QED) is 0.139. The minimum Gasteiger partial charge on any atom is -0.254 e. The fourth-order valence-corrected chi connectivity index (χ4v) is 18.3. The van der Waals surface area contributed by atoms with Crippen molar-refractivity contribution < 1.29 is 0 Å². The van der Waals surface area contributed by atoms with Crippen LogP contribution in [-0.4, -0.2) is 39.9 Å². The van der Waals surface area contributed by atoms with E-state index in [9.17, 15) is 0 Å². The lowest BCUT2D eigenvalue weighted by Gasteiger charge is -2.14. The summed E-state index contributed by atoms with van der Waals surface area (Å²) in [6, 6.07) is 134. The molecule has 118 heavy (non-hydrogen) atoms. The number of hydrogen-bond acceptors (Lipinski definition) is 8. The minimum atomic E-state index is 0.915. The molecule has 0 bridgehead atoms. The van der Waals surface area contributed by atoms with Crippen LogP contribution >= 0.6 is 0 Å². The number of rotatable bonds is 8. The van der Waals surface area contributed by atoms with Crippen molar-refractivity contribution in [2.24, 2.45) is 0 Å². The Morgan fingerprint density at radius 3 is 0.958 bits per heavy atom. The third kappa shape index (κ3) is 11.1. The number of pyridine rings is 8. The summed E-state index contributed by atoms with van der Waals surface area (Å²) in [5, 5.41) is 25.9. The van der Waals surface area contributed by atoms with Crippen LogP contribution < -0.4 is 0 Å². The minimum absolute atomic E-state index is 0.915. The van der Waals surface area contributed by atoms with Gasteiger partial charge in [-0.2, -0.15) is 0 Å². The van der Waals surface area contributed by atoms with E-state index in [0.717, 1.165) is 199 Å². The van der Waals surface area contributed by atoms with E-state index >= 15 is 0 Å². The number of benzene rings is 17. The summed E-state index contributed by atoms with van der Waals surface area (Å²) in [5.41, 5.74) is 24.4. The van der Waals surface area contributed by atoms with E-state index in [1.54, 1.807) is 0 Å². The molecule has 0 atom stereocenters. The molecule has 544 valence electrons. The Labute approximate surface area is 676 Å². The molecule has 8 nitrogen and oxygen atoms in total. The van der Waals surface area contributed by atoms with Gasteiger partial charge in [0.15, 0.2) is 0 Å². The van der Waals surface area contributed by atoms with Gasteiger partial charge in [0.1, 0.15) is 0 Å². The molecule has 0 aliphatic heterocycles. The van der Waals surface area contributed by atoms with Crippen molar-refractivity contribution >= 4 is 163 Å². The summed E-state index contributed by atoms with van der Waals surface area (Å²) < 4.78 is 0. The van der Waals surface area contributed by atoms with Crippen LogP contribution in [0.2, 0.25) is 0 Å². The summed E-state index contributed by atoms with van der Waals surface area (Å²) in [4.78, 5) is 40.7. The molecule has 0 aliphatic rings. The Morgan fingerprint density at radius 1 is 0.144 bits per heavy atom. The molecule has 0 N–H and O–H groups in total. The van der Waals surface area contributed by atoms with Crippen LogP contribution in [0.3, 0.4) is 0 Å². The fourth-order valence-electron chi connectivity index (χ4n) is 18.3. The highest BCUT2D eigenvalue weighted by Gasteiger charge is 2.20. The molecule has 0 fully saturated rings. The summed E-state index contributed by atoms with van der Waals surface area (Å²) in [7, 11) is 0. The lowest BCUT2D eigenvalue weighted by atomic mass is 9.91. The van der Waals surface area contributed by atoms with Crippen molar-refractivity contribution in [3.05, 3.63) is 389 Å². The summed E-state index contributed by atoms with van der Waals surface area (Å²) in [6.07, 6.45) is 3.67. The smallest absolute Gasteiger partial charge is 0.0972 e. The van der Waals surface area contributed by atoms with Gasteiger partial charge in [0.2, 0.25) is 0 Å². The van der Waals surface area contributed by atoms with E-state index in [2.05, 4.69) is 374 Å². The number of hydrogen-bond donors (Lipinski definition) is 0. The maximum atomic E-state index is 5.29. The number of aromatic nitrogens is 8.